The summed E-state index contributed by atoms with van der Waals surface area (Å²) in [7, 11) is -3.79. The molecule has 1 aromatic carbocycles. The lowest BCUT2D eigenvalue weighted by molar-refractivity contribution is -0.387. The highest BCUT2D eigenvalue weighted by atomic mass is 32.2. The van der Waals surface area contributed by atoms with Crippen molar-refractivity contribution in [2.24, 2.45) is 0 Å². The van der Waals surface area contributed by atoms with E-state index in [2.05, 4.69) is 4.74 Å². The number of sulfone groups is 1. The zero-order chi connectivity index (χ0) is 15.5. The van der Waals surface area contributed by atoms with Crippen molar-refractivity contribution < 1.29 is 22.9 Å². The van der Waals surface area contributed by atoms with Crippen LogP contribution < -0.4 is 0 Å². The van der Waals surface area contributed by atoms with E-state index in [-0.39, 0.29) is 5.56 Å². The number of benzene rings is 1. The Kier molecular flexibility index (Phi) is 4.41. The first-order valence-electron chi connectivity index (χ1n) is 5.26. The van der Waals surface area contributed by atoms with Gasteiger partial charge in [0, 0.05) is 12.3 Å². The van der Waals surface area contributed by atoms with Crippen molar-refractivity contribution in [1.29, 1.82) is 5.26 Å². The second-order valence-electron chi connectivity index (χ2n) is 3.89. The number of hydrogen-bond donors (Lipinski definition) is 0. The van der Waals surface area contributed by atoms with Crippen molar-refractivity contribution in [2.75, 3.05) is 6.26 Å². The van der Waals surface area contributed by atoms with Gasteiger partial charge in [-0.25, -0.2) is 13.2 Å². The van der Waals surface area contributed by atoms with E-state index in [0.717, 1.165) is 24.5 Å². The van der Waals surface area contributed by atoms with E-state index >= 15 is 0 Å². The van der Waals surface area contributed by atoms with Crippen LogP contribution in [0.15, 0.2) is 23.1 Å². The maximum atomic E-state index is 11.6. The van der Waals surface area contributed by atoms with Gasteiger partial charge < -0.3 is 4.74 Å². The molecule has 1 atom stereocenters. The summed E-state index contributed by atoms with van der Waals surface area (Å²) < 4.78 is 27.5. The second kappa shape index (κ2) is 5.66. The average Bonchev–Trinajstić information content (AvgIpc) is 2.36. The Morgan fingerprint density at radius 1 is 1.50 bits per heavy atom. The monoisotopic (exact) mass is 298 g/mol. The molecule has 9 heteroatoms. The van der Waals surface area contributed by atoms with Crippen molar-refractivity contribution in [3.05, 3.63) is 33.9 Å². The van der Waals surface area contributed by atoms with Crippen molar-refractivity contribution in [1.82, 2.24) is 0 Å². The summed E-state index contributed by atoms with van der Waals surface area (Å²) in [4.78, 5) is 21.1. The summed E-state index contributed by atoms with van der Waals surface area (Å²) in [6.45, 7) is 1.33. The molecule has 0 saturated heterocycles. The number of carbonyl (C=O) groups is 1. The molecule has 106 valence electrons. The second-order valence-corrected chi connectivity index (χ2v) is 5.87. The van der Waals surface area contributed by atoms with Crippen LogP contribution in [0.5, 0.6) is 0 Å². The lowest BCUT2D eigenvalue weighted by atomic mass is 10.2. The fraction of sp³-hybridized carbons (Fsp3) is 0.273. The number of ether oxygens (including phenoxy) is 1. The van der Waals surface area contributed by atoms with Crippen LogP contribution in [-0.2, 0) is 14.6 Å². The molecule has 0 spiro atoms. The number of nitro benzene ring substituents is 1. The zero-order valence-corrected chi connectivity index (χ0v) is 11.4. The summed E-state index contributed by atoms with van der Waals surface area (Å²) in [6, 6.07) is 4.53. The fourth-order valence-corrected chi connectivity index (χ4v) is 2.18. The van der Waals surface area contributed by atoms with Crippen molar-refractivity contribution in [2.45, 2.75) is 17.9 Å². The number of nitro groups is 1. The molecule has 0 aliphatic heterocycles. The molecule has 1 aromatic rings. The normalized spacial score (nSPS) is 12.2. The minimum Gasteiger partial charge on any atom is -0.444 e. The van der Waals surface area contributed by atoms with Gasteiger partial charge in [0.1, 0.15) is 11.0 Å². The van der Waals surface area contributed by atoms with Gasteiger partial charge in [-0.2, -0.15) is 5.26 Å². The number of rotatable bonds is 4. The molecule has 0 saturated carbocycles. The van der Waals surface area contributed by atoms with Crippen LogP contribution in [0, 0.1) is 21.4 Å². The third-order valence-corrected chi connectivity index (χ3v) is 3.40. The summed E-state index contributed by atoms with van der Waals surface area (Å²) in [5.74, 6) is -0.942. The van der Waals surface area contributed by atoms with Gasteiger partial charge in [-0.1, -0.05) is 0 Å². The third-order valence-electron chi connectivity index (χ3n) is 2.26. The Balaban J connectivity index is 3.29. The van der Waals surface area contributed by atoms with Crippen LogP contribution in [0.25, 0.3) is 0 Å². The Bertz CT molecular complexity index is 704. The van der Waals surface area contributed by atoms with E-state index in [1.165, 1.54) is 6.92 Å². The quantitative estimate of drug-likeness (QED) is 0.462. The lowest BCUT2D eigenvalue weighted by Gasteiger charge is -2.07. The highest BCUT2D eigenvalue weighted by molar-refractivity contribution is 7.90. The Morgan fingerprint density at radius 2 is 2.10 bits per heavy atom. The number of nitrogens with zero attached hydrogens (tertiary/aromatic N) is 2. The molecule has 0 aliphatic carbocycles. The summed E-state index contributed by atoms with van der Waals surface area (Å²) in [6.07, 6.45) is -0.193. The first-order chi connectivity index (χ1) is 9.16. The number of esters is 1. The molecule has 8 nitrogen and oxygen atoms in total. The smallest absolute Gasteiger partial charge is 0.339 e. The molecule has 0 amide bonds. The van der Waals surface area contributed by atoms with Gasteiger partial charge in [0.25, 0.3) is 5.69 Å². The third kappa shape index (κ3) is 3.52. The van der Waals surface area contributed by atoms with E-state index in [1.807, 2.05) is 0 Å². The Hall–Kier alpha value is -2.47. The SMILES string of the molecule is C[C@@H](C#N)OC(=O)c1ccc(S(C)(=O)=O)c([N+](=O)[O-])c1. The predicted octanol–water partition coefficient (Wildman–Crippen LogP) is 1.07. The topological polar surface area (TPSA) is 127 Å². The van der Waals surface area contributed by atoms with Crippen LogP contribution in [0.3, 0.4) is 0 Å². The Morgan fingerprint density at radius 3 is 2.55 bits per heavy atom. The van der Waals surface area contributed by atoms with Crippen molar-refractivity contribution in [3.8, 4) is 6.07 Å². The minimum atomic E-state index is -3.79. The summed E-state index contributed by atoms with van der Waals surface area (Å²) >= 11 is 0. The standard InChI is InChI=1S/C11H10N2O6S/c1-7(6-12)19-11(14)8-3-4-10(20(2,17)18)9(5-8)13(15)16/h3-5,7H,1-2H3/t7-/m0/s1. The van der Waals surface area contributed by atoms with Gasteiger partial charge in [0.15, 0.2) is 15.9 Å². The number of hydrogen-bond acceptors (Lipinski definition) is 7. The van der Waals surface area contributed by atoms with E-state index in [0.29, 0.717) is 0 Å². The maximum absolute atomic E-state index is 11.6. The summed E-state index contributed by atoms with van der Waals surface area (Å²) in [5.41, 5.74) is -0.919. The minimum absolute atomic E-state index is 0.203. The molecule has 0 fully saturated rings. The summed E-state index contributed by atoms with van der Waals surface area (Å²) in [5, 5.41) is 19.4. The van der Waals surface area contributed by atoms with Gasteiger partial charge in [-0.15, -0.1) is 0 Å². The molecule has 0 aliphatic rings. The lowest BCUT2D eigenvalue weighted by Crippen LogP contribution is -2.14. The average molecular weight is 298 g/mol. The van der Waals surface area contributed by atoms with Crippen LogP contribution in [0.2, 0.25) is 0 Å². The number of carbonyl (C=O) groups excluding carboxylic acids is 1. The van der Waals surface area contributed by atoms with Crippen LogP contribution in [0.4, 0.5) is 5.69 Å². The zero-order valence-electron chi connectivity index (χ0n) is 10.6. The van der Waals surface area contributed by atoms with Crippen molar-refractivity contribution in [3.63, 3.8) is 0 Å². The molecule has 0 aromatic heterocycles. The van der Waals surface area contributed by atoms with E-state index in [1.54, 1.807) is 6.07 Å². The van der Waals surface area contributed by atoms with Gasteiger partial charge in [-0.05, 0) is 19.1 Å². The van der Waals surface area contributed by atoms with Gasteiger partial charge in [-0.3, -0.25) is 10.1 Å². The molecule has 0 heterocycles. The largest absolute Gasteiger partial charge is 0.444 e. The van der Waals surface area contributed by atoms with Gasteiger partial charge in [0.05, 0.1) is 10.5 Å². The molecule has 1 rings (SSSR count). The van der Waals surface area contributed by atoms with Crippen LogP contribution in [0.1, 0.15) is 17.3 Å². The molecule has 0 unspecified atom stereocenters. The molecule has 0 radical (unpaired) electrons. The van der Waals surface area contributed by atoms with E-state index < -0.39 is 37.4 Å². The predicted molar refractivity (Wildman–Crippen MR) is 66.7 cm³/mol. The highest BCUT2D eigenvalue weighted by Crippen LogP contribution is 2.25. The van der Waals surface area contributed by atoms with Crippen LogP contribution in [-0.4, -0.2) is 31.7 Å². The molecule has 0 N–H and O–H groups in total. The maximum Gasteiger partial charge on any atom is 0.339 e. The van der Waals surface area contributed by atoms with Crippen LogP contribution >= 0.6 is 0 Å². The first-order valence-corrected chi connectivity index (χ1v) is 7.15. The molecular weight excluding hydrogens is 288 g/mol. The van der Waals surface area contributed by atoms with E-state index in [9.17, 15) is 23.3 Å². The van der Waals surface area contributed by atoms with Gasteiger partial charge in [0.2, 0.25) is 0 Å². The highest BCUT2D eigenvalue weighted by Gasteiger charge is 2.24. The van der Waals surface area contributed by atoms with Gasteiger partial charge >= 0.3 is 5.97 Å². The number of nitriles is 1. The molecular formula is C11H10N2O6S. The molecule has 20 heavy (non-hydrogen) atoms. The van der Waals surface area contributed by atoms with Crippen molar-refractivity contribution >= 4 is 21.5 Å². The van der Waals surface area contributed by atoms with E-state index in [4.69, 9.17) is 5.26 Å². The Labute approximate surface area is 114 Å². The molecule has 0 bridgehead atoms. The fourth-order valence-electron chi connectivity index (χ4n) is 1.36. The first kappa shape index (κ1) is 15.6.